The van der Waals surface area contributed by atoms with E-state index in [1.54, 1.807) is 12.1 Å². The topological polar surface area (TPSA) is 129 Å². The Morgan fingerprint density at radius 3 is 2.85 bits per heavy atom. The first-order valence-electron chi connectivity index (χ1n) is 7.78. The van der Waals surface area contributed by atoms with Gasteiger partial charge in [-0.3, -0.25) is 9.59 Å². The van der Waals surface area contributed by atoms with E-state index in [1.807, 2.05) is 24.3 Å². The Morgan fingerprint density at radius 1 is 1.26 bits per heavy atom. The monoisotopic (exact) mass is 384 g/mol. The predicted octanol–water partition coefficient (Wildman–Crippen LogP) is 2.28. The van der Waals surface area contributed by atoms with Gasteiger partial charge in [-0.05, 0) is 36.0 Å². The number of amides is 3. The third kappa shape index (κ3) is 3.42. The zero-order valence-corrected chi connectivity index (χ0v) is 14.4. The van der Waals surface area contributed by atoms with E-state index in [1.165, 1.54) is 17.8 Å². The predicted molar refractivity (Wildman–Crippen MR) is 94.8 cm³/mol. The van der Waals surface area contributed by atoms with Gasteiger partial charge in [0.2, 0.25) is 0 Å². The van der Waals surface area contributed by atoms with Gasteiger partial charge >= 0.3 is 12.0 Å². The molecular weight excluding hydrogens is 372 g/mol. The van der Waals surface area contributed by atoms with Gasteiger partial charge in [0.1, 0.15) is 18.0 Å². The van der Waals surface area contributed by atoms with E-state index in [0.717, 1.165) is 11.0 Å². The summed E-state index contributed by atoms with van der Waals surface area (Å²) in [6.07, 6.45) is 1.35. The average molecular weight is 384 g/mol. The molecule has 136 valence electrons. The van der Waals surface area contributed by atoms with E-state index in [4.69, 9.17) is 9.52 Å². The second-order valence-electron chi connectivity index (χ2n) is 5.59. The molecule has 10 heteroatoms. The fourth-order valence-electron chi connectivity index (χ4n) is 2.53. The summed E-state index contributed by atoms with van der Waals surface area (Å²) in [6.45, 7) is -0.701. The van der Waals surface area contributed by atoms with Gasteiger partial charge in [0.05, 0.1) is 11.0 Å². The summed E-state index contributed by atoms with van der Waals surface area (Å²) >= 11 is 1.28. The van der Waals surface area contributed by atoms with E-state index < -0.39 is 24.5 Å². The highest BCUT2D eigenvalue weighted by Crippen LogP contribution is 2.29. The largest absolute Gasteiger partial charge is 0.480 e. The van der Waals surface area contributed by atoms with Gasteiger partial charge in [-0.1, -0.05) is 12.1 Å². The van der Waals surface area contributed by atoms with E-state index in [2.05, 4.69) is 15.3 Å². The van der Waals surface area contributed by atoms with Crippen molar-refractivity contribution >= 4 is 46.8 Å². The number of carboxylic acid groups (broad SMARTS) is 1. The average Bonchev–Trinajstić information content (AvgIpc) is 3.30. The minimum Gasteiger partial charge on any atom is -0.480 e. The lowest BCUT2D eigenvalue weighted by molar-refractivity contribution is -0.140. The van der Waals surface area contributed by atoms with Crippen LogP contribution in [-0.2, 0) is 9.59 Å². The third-order valence-electron chi connectivity index (χ3n) is 3.71. The number of urea groups is 1. The molecule has 0 radical (unpaired) electrons. The summed E-state index contributed by atoms with van der Waals surface area (Å²) in [7, 11) is 0. The Bertz CT molecular complexity index is 1070. The number of imidazole rings is 1. The molecule has 3 heterocycles. The van der Waals surface area contributed by atoms with Crippen molar-refractivity contribution < 1.29 is 23.9 Å². The molecule has 1 fully saturated rings. The van der Waals surface area contributed by atoms with Crippen LogP contribution in [0.2, 0.25) is 0 Å². The molecule has 3 N–H and O–H groups in total. The summed E-state index contributed by atoms with van der Waals surface area (Å²) in [4.78, 5) is 42.7. The SMILES string of the molecule is O=C(O)CN1C(=O)N/C(=C/c2ccc(Sc3nc4ccccc4[nH]3)o2)C1=O. The van der Waals surface area contributed by atoms with Crippen molar-refractivity contribution in [2.45, 2.75) is 10.2 Å². The van der Waals surface area contributed by atoms with Gasteiger partial charge in [-0.2, -0.15) is 0 Å². The van der Waals surface area contributed by atoms with Crippen molar-refractivity contribution in [3.05, 3.63) is 47.9 Å². The van der Waals surface area contributed by atoms with Crippen molar-refractivity contribution in [2.24, 2.45) is 0 Å². The molecule has 1 aliphatic rings. The molecular formula is C17H12N4O5S. The lowest BCUT2D eigenvalue weighted by Gasteiger charge is -2.06. The van der Waals surface area contributed by atoms with Crippen LogP contribution in [0.1, 0.15) is 5.76 Å². The van der Waals surface area contributed by atoms with Crippen molar-refractivity contribution in [1.82, 2.24) is 20.2 Å². The number of hydrogen-bond donors (Lipinski definition) is 3. The molecule has 4 rings (SSSR count). The Kier molecular flexibility index (Phi) is 4.16. The summed E-state index contributed by atoms with van der Waals surface area (Å²) in [5, 5.41) is 12.3. The number of carbonyl (C=O) groups is 3. The molecule has 3 amide bonds. The summed E-state index contributed by atoms with van der Waals surface area (Å²) in [5.41, 5.74) is 1.70. The number of aromatic nitrogens is 2. The van der Waals surface area contributed by atoms with Crippen LogP contribution < -0.4 is 5.32 Å². The summed E-state index contributed by atoms with van der Waals surface area (Å²) in [6, 6.07) is 10.2. The standard InChI is InChI=1S/C17H12N4O5S/c22-13(23)8-21-15(24)12(20-17(21)25)7-9-5-6-14(26-9)27-16-18-10-3-1-2-4-11(10)19-16/h1-7H,8H2,(H,18,19)(H,20,25)(H,22,23)/b12-7+. The molecule has 27 heavy (non-hydrogen) atoms. The van der Waals surface area contributed by atoms with Crippen LogP contribution in [0.25, 0.3) is 17.1 Å². The number of nitrogens with zero attached hydrogens (tertiary/aromatic N) is 2. The van der Waals surface area contributed by atoms with Crippen molar-refractivity contribution in [3.8, 4) is 0 Å². The normalized spacial score (nSPS) is 15.7. The molecule has 2 aromatic heterocycles. The molecule has 0 aliphatic carbocycles. The van der Waals surface area contributed by atoms with Crippen LogP contribution in [0, 0.1) is 0 Å². The van der Waals surface area contributed by atoms with Crippen LogP contribution in [-0.4, -0.2) is 44.4 Å². The molecule has 0 saturated carbocycles. The third-order valence-corrected chi connectivity index (χ3v) is 4.52. The van der Waals surface area contributed by atoms with Gasteiger partial charge in [-0.15, -0.1) is 0 Å². The molecule has 0 atom stereocenters. The van der Waals surface area contributed by atoms with Gasteiger partial charge in [0, 0.05) is 6.08 Å². The van der Waals surface area contributed by atoms with Gasteiger partial charge < -0.3 is 19.8 Å². The minimum absolute atomic E-state index is 0.0455. The first-order valence-corrected chi connectivity index (χ1v) is 8.60. The number of furan rings is 1. The van der Waals surface area contributed by atoms with Crippen molar-refractivity contribution in [3.63, 3.8) is 0 Å². The highest BCUT2D eigenvalue weighted by molar-refractivity contribution is 7.99. The first-order chi connectivity index (χ1) is 13.0. The van der Waals surface area contributed by atoms with Crippen molar-refractivity contribution in [2.75, 3.05) is 6.54 Å². The Hall–Kier alpha value is -3.53. The second-order valence-corrected chi connectivity index (χ2v) is 6.58. The summed E-state index contributed by atoms with van der Waals surface area (Å²) in [5.74, 6) is -1.65. The highest BCUT2D eigenvalue weighted by atomic mass is 32.2. The van der Waals surface area contributed by atoms with Crippen LogP contribution in [0.4, 0.5) is 4.79 Å². The Morgan fingerprint density at radius 2 is 2.07 bits per heavy atom. The van der Waals surface area contributed by atoms with E-state index in [0.29, 0.717) is 20.9 Å². The highest BCUT2D eigenvalue weighted by Gasteiger charge is 2.35. The van der Waals surface area contributed by atoms with Gasteiger partial charge in [0.25, 0.3) is 5.91 Å². The molecule has 1 aromatic carbocycles. The van der Waals surface area contributed by atoms with E-state index >= 15 is 0 Å². The quantitative estimate of drug-likeness (QED) is 0.455. The number of aliphatic carboxylic acids is 1. The van der Waals surface area contributed by atoms with Crippen LogP contribution in [0.3, 0.4) is 0 Å². The Balaban J connectivity index is 1.51. The number of hydrogen-bond acceptors (Lipinski definition) is 6. The molecule has 0 unspecified atom stereocenters. The van der Waals surface area contributed by atoms with Gasteiger partial charge in [-0.25, -0.2) is 14.7 Å². The smallest absolute Gasteiger partial charge is 0.329 e. The zero-order chi connectivity index (χ0) is 19.0. The number of imide groups is 1. The maximum Gasteiger partial charge on any atom is 0.329 e. The fraction of sp³-hybridized carbons (Fsp3) is 0.0588. The van der Waals surface area contributed by atoms with Gasteiger partial charge in [0.15, 0.2) is 10.2 Å². The number of H-pyrrole nitrogens is 1. The zero-order valence-electron chi connectivity index (χ0n) is 13.6. The number of nitrogens with one attached hydrogen (secondary N) is 2. The molecule has 3 aromatic rings. The number of benzene rings is 1. The number of rotatable bonds is 5. The van der Waals surface area contributed by atoms with Crippen LogP contribution >= 0.6 is 11.8 Å². The maximum atomic E-state index is 12.1. The summed E-state index contributed by atoms with van der Waals surface area (Å²) < 4.78 is 5.63. The number of carboxylic acids is 1. The molecule has 0 spiro atoms. The first kappa shape index (κ1) is 16.9. The number of para-hydroxylation sites is 2. The lowest BCUT2D eigenvalue weighted by atomic mass is 10.3. The number of carbonyl (C=O) groups excluding carboxylic acids is 2. The lowest BCUT2D eigenvalue weighted by Crippen LogP contribution is -2.35. The molecule has 1 saturated heterocycles. The number of fused-ring (bicyclic) bond motifs is 1. The van der Waals surface area contributed by atoms with Crippen LogP contribution in [0.5, 0.6) is 0 Å². The minimum atomic E-state index is -1.28. The van der Waals surface area contributed by atoms with Crippen molar-refractivity contribution in [1.29, 1.82) is 0 Å². The van der Waals surface area contributed by atoms with Crippen LogP contribution in [0.15, 0.2) is 56.8 Å². The second kappa shape index (κ2) is 6.65. The maximum absolute atomic E-state index is 12.1. The molecule has 0 bridgehead atoms. The molecule has 9 nitrogen and oxygen atoms in total. The number of aromatic amines is 1. The van der Waals surface area contributed by atoms with E-state index in [9.17, 15) is 14.4 Å². The fourth-order valence-corrected chi connectivity index (χ4v) is 3.30. The molecule has 1 aliphatic heterocycles. The Labute approximate surface area is 156 Å². The van der Waals surface area contributed by atoms with E-state index in [-0.39, 0.29) is 5.70 Å².